The van der Waals surface area contributed by atoms with Gasteiger partial charge in [-0.25, -0.2) is 4.98 Å². The zero-order valence-electron chi connectivity index (χ0n) is 10.5. The first-order valence-electron chi connectivity index (χ1n) is 5.81. The second kappa shape index (κ2) is 5.19. The van der Waals surface area contributed by atoms with Crippen LogP contribution in [0.1, 0.15) is 45.3 Å². The molecule has 0 aliphatic rings. The SMILES string of the molecule is CCC(C)CC(C)n1cc(C)nc1NC. The summed E-state index contributed by atoms with van der Waals surface area (Å²) in [7, 11) is 1.92. The zero-order valence-corrected chi connectivity index (χ0v) is 10.5. The van der Waals surface area contributed by atoms with Crippen molar-refractivity contribution in [2.24, 2.45) is 5.92 Å². The van der Waals surface area contributed by atoms with Crippen LogP contribution in [0.4, 0.5) is 5.95 Å². The van der Waals surface area contributed by atoms with E-state index in [0.29, 0.717) is 6.04 Å². The van der Waals surface area contributed by atoms with Crippen molar-refractivity contribution in [3.05, 3.63) is 11.9 Å². The first kappa shape index (κ1) is 12.1. The van der Waals surface area contributed by atoms with Gasteiger partial charge >= 0.3 is 0 Å². The smallest absolute Gasteiger partial charge is 0.203 e. The Morgan fingerprint density at radius 1 is 1.47 bits per heavy atom. The number of anilines is 1. The van der Waals surface area contributed by atoms with Crippen LogP contribution in [0, 0.1) is 12.8 Å². The summed E-state index contributed by atoms with van der Waals surface area (Å²) in [6.07, 6.45) is 4.58. The maximum absolute atomic E-state index is 4.44. The van der Waals surface area contributed by atoms with Crippen LogP contribution in [0.15, 0.2) is 6.20 Å². The van der Waals surface area contributed by atoms with Crippen LogP contribution in [0.3, 0.4) is 0 Å². The summed E-state index contributed by atoms with van der Waals surface area (Å²) >= 11 is 0. The number of nitrogens with zero attached hydrogens (tertiary/aromatic N) is 2. The van der Waals surface area contributed by atoms with E-state index in [9.17, 15) is 0 Å². The Hall–Kier alpha value is -0.990. The maximum atomic E-state index is 4.44. The lowest BCUT2D eigenvalue weighted by Gasteiger charge is -2.19. The Bertz CT molecular complexity index is 304. The summed E-state index contributed by atoms with van der Waals surface area (Å²) in [5.74, 6) is 1.75. The fourth-order valence-corrected chi connectivity index (χ4v) is 1.90. The van der Waals surface area contributed by atoms with E-state index < -0.39 is 0 Å². The van der Waals surface area contributed by atoms with Crippen LogP contribution in [0.2, 0.25) is 0 Å². The van der Waals surface area contributed by atoms with Crippen molar-refractivity contribution in [1.82, 2.24) is 9.55 Å². The lowest BCUT2D eigenvalue weighted by molar-refractivity contribution is 0.401. The summed E-state index contributed by atoms with van der Waals surface area (Å²) in [5, 5.41) is 3.14. The highest BCUT2D eigenvalue weighted by Gasteiger charge is 2.13. The quantitative estimate of drug-likeness (QED) is 0.807. The predicted octanol–water partition coefficient (Wildman–Crippen LogP) is 3.23. The molecule has 0 aliphatic carbocycles. The third kappa shape index (κ3) is 2.98. The van der Waals surface area contributed by atoms with Crippen molar-refractivity contribution in [2.45, 2.75) is 46.6 Å². The van der Waals surface area contributed by atoms with Crippen molar-refractivity contribution in [1.29, 1.82) is 0 Å². The monoisotopic (exact) mass is 209 g/mol. The number of imidazole rings is 1. The number of hydrogen-bond donors (Lipinski definition) is 1. The Balaban J connectivity index is 2.75. The van der Waals surface area contributed by atoms with Gasteiger partial charge in [0, 0.05) is 19.3 Å². The Morgan fingerprint density at radius 3 is 2.67 bits per heavy atom. The molecule has 0 aromatic carbocycles. The minimum atomic E-state index is 0.517. The molecule has 0 aliphatic heterocycles. The molecular weight excluding hydrogens is 186 g/mol. The Labute approximate surface area is 92.9 Å². The molecule has 2 unspecified atom stereocenters. The van der Waals surface area contributed by atoms with Gasteiger partial charge < -0.3 is 9.88 Å². The average molecular weight is 209 g/mol. The molecule has 2 atom stereocenters. The largest absolute Gasteiger partial charge is 0.359 e. The van der Waals surface area contributed by atoms with E-state index in [1.165, 1.54) is 12.8 Å². The van der Waals surface area contributed by atoms with E-state index in [2.05, 4.69) is 41.8 Å². The lowest BCUT2D eigenvalue weighted by Crippen LogP contribution is -2.11. The van der Waals surface area contributed by atoms with Crippen molar-refractivity contribution < 1.29 is 0 Å². The van der Waals surface area contributed by atoms with Crippen molar-refractivity contribution >= 4 is 5.95 Å². The first-order valence-corrected chi connectivity index (χ1v) is 5.81. The molecule has 0 saturated heterocycles. The molecule has 1 N–H and O–H groups in total. The van der Waals surface area contributed by atoms with Crippen molar-refractivity contribution in [3.8, 4) is 0 Å². The lowest BCUT2D eigenvalue weighted by atomic mass is 10.0. The van der Waals surface area contributed by atoms with Crippen LogP contribution >= 0.6 is 0 Å². The van der Waals surface area contributed by atoms with E-state index in [0.717, 1.165) is 17.6 Å². The van der Waals surface area contributed by atoms with Gasteiger partial charge in [0.2, 0.25) is 5.95 Å². The van der Waals surface area contributed by atoms with E-state index in [4.69, 9.17) is 0 Å². The molecule has 1 aromatic rings. The van der Waals surface area contributed by atoms with Crippen LogP contribution in [0.25, 0.3) is 0 Å². The summed E-state index contributed by atoms with van der Waals surface area (Å²) in [4.78, 5) is 4.44. The van der Waals surface area contributed by atoms with Gasteiger partial charge in [-0.3, -0.25) is 0 Å². The maximum Gasteiger partial charge on any atom is 0.203 e. The third-order valence-electron chi connectivity index (χ3n) is 2.99. The predicted molar refractivity (Wildman–Crippen MR) is 65.3 cm³/mol. The van der Waals surface area contributed by atoms with E-state index in [1.54, 1.807) is 0 Å². The van der Waals surface area contributed by atoms with Crippen LogP contribution in [-0.2, 0) is 0 Å². The highest BCUT2D eigenvalue weighted by molar-refractivity contribution is 5.28. The van der Waals surface area contributed by atoms with Crippen molar-refractivity contribution in [3.63, 3.8) is 0 Å². The average Bonchev–Trinajstić information content (AvgIpc) is 2.59. The summed E-state index contributed by atoms with van der Waals surface area (Å²) in [6, 6.07) is 0.517. The number of nitrogens with one attached hydrogen (secondary N) is 1. The van der Waals surface area contributed by atoms with E-state index in [-0.39, 0.29) is 0 Å². The Kier molecular flexibility index (Phi) is 4.18. The normalized spacial score (nSPS) is 15.0. The van der Waals surface area contributed by atoms with Gasteiger partial charge in [-0.05, 0) is 26.2 Å². The standard InChI is InChI=1S/C12H23N3/c1-6-9(2)7-11(4)15-8-10(3)14-12(15)13-5/h8-9,11H,6-7H2,1-5H3,(H,13,14). The van der Waals surface area contributed by atoms with Gasteiger partial charge in [0.15, 0.2) is 0 Å². The van der Waals surface area contributed by atoms with Gasteiger partial charge in [0.25, 0.3) is 0 Å². The van der Waals surface area contributed by atoms with Gasteiger partial charge in [0.1, 0.15) is 0 Å². The van der Waals surface area contributed by atoms with E-state index >= 15 is 0 Å². The number of aromatic nitrogens is 2. The van der Waals surface area contributed by atoms with Gasteiger partial charge in [0.05, 0.1) is 5.69 Å². The van der Waals surface area contributed by atoms with Crippen LogP contribution in [0.5, 0.6) is 0 Å². The third-order valence-corrected chi connectivity index (χ3v) is 2.99. The molecule has 0 radical (unpaired) electrons. The fraction of sp³-hybridized carbons (Fsp3) is 0.750. The molecule has 0 amide bonds. The molecule has 0 fully saturated rings. The molecular formula is C12H23N3. The van der Waals surface area contributed by atoms with Crippen molar-refractivity contribution in [2.75, 3.05) is 12.4 Å². The number of aryl methyl sites for hydroxylation is 1. The topological polar surface area (TPSA) is 29.9 Å². The van der Waals surface area contributed by atoms with Gasteiger partial charge in [-0.15, -0.1) is 0 Å². The fourth-order valence-electron chi connectivity index (χ4n) is 1.90. The number of rotatable bonds is 5. The molecule has 86 valence electrons. The van der Waals surface area contributed by atoms with Gasteiger partial charge in [-0.1, -0.05) is 20.3 Å². The highest BCUT2D eigenvalue weighted by Crippen LogP contribution is 2.23. The molecule has 1 aromatic heterocycles. The summed E-state index contributed by atoms with van der Waals surface area (Å²) < 4.78 is 2.24. The van der Waals surface area contributed by atoms with E-state index in [1.807, 2.05) is 14.0 Å². The first-order chi connectivity index (χ1) is 7.08. The molecule has 15 heavy (non-hydrogen) atoms. The Morgan fingerprint density at radius 2 is 2.13 bits per heavy atom. The molecule has 3 heteroatoms. The summed E-state index contributed by atoms with van der Waals surface area (Å²) in [6.45, 7) is 8.84. The minimum absolute atomic E-state index is 0.517. The molecule has 0 spiro atoms. The van der Waals surface area contributed by atoms with Crippen LogP contribution < -0.4 is 5.32 Å². The second-order valence-electron chi connectivity index (χ2n) is 4.46. The zero-order chi connectivity index (χ0) is 11.4. The summed E-state index contributed by atoms with van der Waals surface area (Å²) in [5.41, 5.74) is 1.08. The molecule has 3 nitrogen and oxygen atoms in total. The highest BCUT2D eigenvalue weighted by atomic mass is 15.2. The second-order valence-corrected chi connectivity index (χ2v) is 4.46. The molecule has 1 heterocycles. The van der Waals surface area contributed by atoms with Gasteiger partial charge in [-0.2, -0.15) is 0 Å². The molecule has 0 bridgehead atoms. The minimum Gasteiger partial charge on any atom is -0.359 e. The number of hydrogen-bond acceptors (Lipinski definition) is 2. The van der Waals surface area contributed by atoms with Crippen LogP contribution in [-0.4, -0.2) is 16.6 Å². The molecule has 0 saturated carbocycles. The molecule has 1 rings (SSSR count).